The third kappa shape index (κ3) is 6.68. The number of hydrogen-bond donors (Lipinski definition) is 2. The van der Waals surface area contributed by atoms with Crippen molar-refractivity contribution < 1.29 is 4.79 Å². The summed E-state index contributed by atoms with van der Waals surface area (Å²) in [5, 5.41) is 0. The van der Waals surface area contributed by atoms with Crippen LogP contribution in [-0.2, 0) is 4.79 Å². The van der Waals surface area contributed by atoms with Gasteiger partial charge in [0.05, 0.1) is 6.33 Å². The van der Waals surface area contributed by atoms with E-state index in [4.69, 9.17) is 0 Å². The Bertz CT molecular complexity index is 142. The molecule has 0 atom stereocenters. The summed E-state index contributed by atoms with van der Waals surface area (Å²) < 4.78 is 0. The molecule has 4 heteroatoms. The van der Waals surface area contributed by atoms with E-state index in [9.17, 15) is 4.79 Å². The van der Waals surface area contributed by atoms with E-state index in [1.165, 1.54) is 0 Å². The van der Waals surface area contributed by atoms with Crippen LogP contribution in [0.1, 0.15) is 13.3 Å². The lowest BCUT2D eigenvalue weighted by Gasteiger charge is -1.73. The van der Waals surface area contributed by atoms with Crippen LogP contribution in [0, 0.1) is 0 Å². The maximum atomic E-state index is 9.59. The molecule has 0 radical (unpaired) electrons. The lowest BCUT2D eigenvalue weighted by Crippen LogP contribution is -2.06. The number of imidazole rings is 1. The Kier molecular flexibility index (Phi) is 5.04. The third-order valence-electron chi connectivity index (χ3n) is 0.754. The van der Waals surface area contributed by atoms with E-state index in [2.05, 4.69) is 15.7 Å². The maximum absolute atomic E-state index is 9.59. The first kappa shape index (κ1) is 8.68. The van der Waals surface area contributed by atoms with Crippen LogP contribution in [0.5, 0.6) is 0 Å². The largest absolute Gasteiger partial charge is 0.370 e. The molecule has 1 heterocycles. The highest BCUT2D eigenvalue weighted by Crippen LogP contribution is 1.63. The zero-order chi connectivity index (χ0) is 7.82. The number of carbonyl (C=O) groups is 1. The van der Waals surface area contributed by atoms with Gasteiger partial charge in [0.25, 0.3) is 0 Å². The monoisotopic (exact) mass is 141 g/mol. The van der Waals surface area contributed by atoms with Crippen LogP contribution in [0.2, 0.25) is 0 Å². The van der Waals surface area contributed by atoms with Crippen LogP contribution < -0.4 is 5.73 Å². The Morgan fingerprint density at radius 1 is 1.80 bits per heavy atom. The summed E-state index contributed by atoms with van der Waals surface area (Å²) in [5.74, 6) is -0.245. The number of amides is 1. The van der Waals surface area contributed by atoms with Gasteiger partial charge in [-0.1, -0.05) is 6.92 Å². The standard InChI is InChI=1S/C3H4N2.C3H7NO/c1-2-5-3-4-1;1-2-3(4)5/h1-3H,(H,4,5);2H2,1H3,(H2,4,5). The number of nitrogens with zero attached hydrogens (tertiary/aromatic N) is 1. The fourth-order valence-corrected chi connectivity index (χ4v) is 0.215. The number of aromatic nitrogens is 2. The van der Waals surface area contributed by atoms with Gasteiger partial charge in [-0.2, -0.15) is 0 Å². The second kappa shape index (κ2) is 5.81. The quantitative estimate of drug-likeness (QED) is 0.590. The van der Waals surface area contributed by atoms with Gasteiger partial charge in [0.15, 0.2) is 0 Å². The number of hydrogen-bond acceptors (Lipinski definition) is 2. The first-order valence-electron chi connectivity index (χ1n) is 2.98. The highest BCUT2D eigenvalue weighted by molar-refractivity contribution is 5.73. The van der Waals surface area contributed by atoms with Crippen LogP contribution in [0.15, 0.2) is 18.7 Å². The van der Waals surface area contributed by atoms with Gasteiger partial charge in [0, 0.05) is 18.8 Å². The van der Waals surface area contributed by atoms with Crippen molar-refractivity contribution in [2.24, 2.45) is 5.73 Å². The van der Waals surface area contributed by atoms with Crippen molar-refractivity contribution in [2.75, 3.05) is 0 Å². The molecule has 1 amide bonds. The molecule has 10 heavy (non-hydrogen) atoms. The lowest BCUT2D eigenvalue weighted by atomic mass is 10.5. The van der Waals surface area contributed by atoms with Crippen molar-refractivity contribution in [3.05, 3.63) is 18.7 Å². The maximum Gasteiger partial charge on any atom is 0.217 e. The van der Waals surface area contributed by atoms with Crippen LogP contribution in [0.25, 0.3) is 0 Å². The van der Waals surface area contributed by atoms with Gasteiger partial charge in [0.2, 0.25) is 5.91 Å². The second-order valence-corrected chi connectivity index (χ2v) is 1.58. The SMILES string of the molecule is CCC(N)=O.c1c[nH]cn1. The van der Waals surface area contributed by atoms with Crippen molar-refractivity contribution in [3.8, 4) is 0 Å². The summed E-state index contributed by atoms with van der Waals surface area (Å²) in [4.78, 5) is 16.0. The van der Waals surface area contributed by atoms with Crippen LogP contribution in [0.3, 0.4) is 0 Å². The number of carbonyl (C=O) groups excluding carboxylic acids is 1. The van der Waals surface area contributed by atoms with Crippen molar-refractivity contribution >= 4 is 5.91 Å². The van der Waals surface area contributed by atoms with Gasteiger partial charge in [0.1, 0.15) is 0 Å². The molecule has 0 fully saturated rings. The molecule has 3 N–H and O–H groups in total. The molecule has 0 aliphatic heterocycles. The highest BCUT2D eigenvalue weighted by Gasteiger charge is 1.77. The number of H-pyrrole nitrogens is 1. The normalized spacial score (nSPS) is 7.70. The van der Waals surface area contributed by atoms with E-state index >= 15 is 0 Å². The number of nitrogens with two attached hydrogens (primary N) is 1. The second-order valence-electron chi connectivity index (χ2n) is 1.58. The van der Waals surface area contributed by atoms with Crippen LogP contribution >= 0.6 is 0 Å². The lowest BCUT2D eigenvalue weighted by molar-refractivity contribution is -0.117. The summed E-state index contributed by atoms with van der Waals surface area (Å²) in [5.41, 5.74) is 4.65. The summed E-state index contributed by atoms with van der Waals surface area (Å²) in [6.07, 6.45) is 5.53. The molecule has 0 unspecified atom stereocenters. The van der Waals surface area contributed by atoms with Gasteiger partial charge in [-0.3, -0.25) is 4.79 Å². The fraction of sp³-hybridized carbons (Fsp3) is 0.333. The van der Waals surface area contributed by atoms with Crippen molar-refractivity contribution in [1.82, 2.24) is 9.97 Å². The molecular formula is C6H11N3O. The van der Waals surface area contributed by atoms with Gasteiger partial charge < -0.3 is 10.7 Å². The predicted molar refractivity (Wildman–Crippen MR) is 38.1 cm³/mol. The van der Waals surface area contributed by atoms with E-state index in [1.54, 1.807) is 25.6 Å². The minimum absolute atomic E-state index is 0.245. The zero-order valence-corrected chi connectivity index (χ0v) is 5.87. The average Bonchev–Trinajstić information content (AvgIpc) is 2.43. The third-order valence-corrected chi connectivity index (χ3v) is 0.754. The van der Waals surface area contributed by atoms with Crippen molar-refractivity contribution in [2.45, 2.75) is 13.3 Å². The number of rotatable bonds is 1. The van der Waals surface area contributed by atoms with E-state index in [1.807, 2.05) is 0 Å². The first-order valence-corrected chi connectivity index (χ1v) is 2.98. The molecule has 0 saturated heterocycles. The van der Waals surface area contributed by atoms with Gasteiger partial charge >= 0.3 is 0 Å². The van der Waals surface area contributed by atoms with Crippen molar-refractivity contribution in [3.63, 3.8) is 0 Å². The Morgan fingerprint density at radius 3 is 2.50 bits per heavy atom. The van der Waals surface area contributed by atoms with Gasteiger partial charge in [-0.15, -0.1) is 0 Å². The van der Waals surface area contributed by atoms with E-state index in [0.717, 1.165) is 0 Å². The van der Waals surface area contributed by atoms with E-state index in [-0.39, 0.29) is 5.91 Å². The molecule has 0 aliphatic rings. The summed E-state index contributed by atoms with van der Waals surface area (Å²) in [7, 11) is 0. The fourth-order valence-electron chi connectivity index (χ4n) is 0.215. The summed E-state index contributed by atoms with van der Waals surface area (Å²) >= 11 is 0. The molecule has 0 saturated carbocycles. The molecular weight excluding hydrogens is 130 g/mol. The summed E-state index contributed by atoms with van der Waals surface area (Å²) in [6, 6.07) is 0. The smallest absolute Gasteiger partial charge is 0.217 e. The Hall–Kier alpha value is -1.32. The minimum Gasteiger partial charge on any atom is -0.370 e. The highest BCUT2D eigenvalue weighted by atomic mass is 16.1. The minimum atomic E-state index is -0.245. The topological polar surface area (TPSA) is 71.8 Å². The molecule has 0 spiro atoms. The van der Waals surface area contributed by atoms with E-state index in [0.29, 0.717) is 6.42 Å². The van der Waals surface area contributed by atoms with Crippen LogP contribution in [-0.4, -0.2) is 15.9 Å². The molecule has 4 nitrogen and oxygen atoms in total. The molecule has 1 aromatic rings. The molecule has 1 rings (SSSR count). The molecule has 0 bridgehead atoms. The Labute approximate surface area is 59.5 Å². The van der Waals surface area contributed by atoms with Gasteiger partial charge in [-0.05, 0) is 0 Å². The zero-order valence-electron chi connectivity index (χ0n) is 5.87. The summed E-state index contributed by atoms with van der Waals surface area (Å²) in [6.45, 7) is 1.72. The number of nitrogens with one attached hydrogen (secondary N) is 1. The number of aromatic amines is 1. The molecule has 1 aromatic heterocycles. The first-order chi connectivity index (χ1) is 4.77. The Balaban J connectivity index is 0.000000162. The molecule has 0 aliphatic carbocycles. The predicted octanol–water partition coefficient (Wildman–Crippen LogP) is 0.291. The van der Waals surface area contributed by atoms with Gasteiger partial charge in [-0.25, -0.2) is 4.98 Å². The number of primary amides is 1. The molecule has 56 valence electrons. The van der Waals surface area contributed by atoms with Crippen molar-refractivity contribution in [1.29, 1.82) is 0 Å². The Morgan fingerprint density at radius 2 is 2.40 bits per heavy atom. The average molecular weight is 141 g/mol. The molecule has 0 aromatic carbocycles. The van der Waals surface area contributed by atoms with Crippen LogP contribution in [0.4, 0.5) is 0 Å². The van der Waals surface area contributed by atoms with E-state index < -0.39 is 0 Å².